The summed E-state index contributed by atoms with van der Waals surface area (Å²) in [5, 5.41) is 3.58. The van der Waals surface area contributed by atoms with Crippen LogP contribution < -0.4 is 5.32 Å². The molecule has 1 heterocycles. The van der Waals surface area contributed by atoms with Crippen molar-refractivity contribution in [1.29, 1.82) is 0 Å². The van der Waals surface area contributed by atoms with Crippen LogP contribution in [0.2, 0.25) is 5.02 Å². The number of nitrogens with zero attached hydrogens (tertiary/aromatic N) is 1. The SMILES string of the molecule is CNC(c1ccc(Cl)cc1F)C(C)c1ccncc1. The van der Waals surface area contributed by atoms with Gasteiger partial charge in [0.2, 0.25) is 0 Å². The fourth-order valence-electron chi connectivity index (χ4n) is 2.29. The van der Waals surface area contributed by atoms with Crippen molar-refractivity contribution in [2.45, 2.75) is 18.9 Å². The van der Waals surface area contributed by atoms with E-state index in [1.165, 1.54) is 6.07 Å². The topological polar surface area (TPSA) is 24.9 Å². The van der Waals surface area contributed by atoms with Crippen LogP contribution >= 0.6 is 11.6 Å². The lowest BCUT2D eigenvalue weighted by molar-refractivity contribution is 0.478. The molecule has 0 aliphatic rings. The third kappa shape index (κ3) is 3.11. The van der Waals surface area contributed by atoms with Gasteiger partial charge in [0, 0.05) is 34.9 Å². The molecule has 2 atom stereocenters. The smallest absolute Gasteiger partial charge is 0.129 e. The summed E-state index contributed by atoms with van der Waals surface area (Å²) in [4.78, 5) is 4.00. The molecule has 0 bridgehead atoms. The minimum atomic E-state index is -0.284. The van der Waals surface area contributed by atoms with E-state index in [-0.39, 0.29) is 17.8 Å². The Morgan fingerprint density at radius 3 is 2.47 bits per heavy atom. The molecule has 1 aromatic carbocycles. The van der Waals surface area contributed by atoms with E-state index in [1.807, 2.05) is 19.2 Å². The summed E-state index contributed by atoms with van der Waals surface area (Å²) >= 11 is 5.79. The van der Waals surface area contributed by atoms with E-state index in [2.05, 4.69) is 17.2 Å². The van der Waals surface area contributed by atoms with Gasteiger partial charge in [-0.2, -0.15) is 0 Å². The van der Waals surface area contributed by atoms with Gasteiger partial charge in [-0.3, -0.25) is 4.98 Å². The first-order valence-corrected chi connectivity index (χ1v) is 6.53. The van der Waals surface area contributed by atoms with Gasteiger partial charge in [0.05, 0.1) is 0 Å². The van der Waals surface area contributed by atoms with Crippen LogP contribution in [0.1, 0.15) is 30.0 Å². The maximum Gasteiger partial charge on any atom is 0.129 e. The monoisotopic (exact) mass is 278 g/mol. The van der Waals surface area contributed by atoms with Crippen LogP contribution in [0.5, 0.6) is 0 Å². The second-order valence-corrected chi connectivity index (χ2v) is 4.94. The van der Waals surface area contributed by atoms with Crippen molar-refractivity contribution in [3.63, 3.8) is 0 Å². The van der Waals surface area contributed by atoms with Crippen molar-refractivity contribution in [3.05, 3.63) is 64.7 Å². The molecule has 19 heavy (non-hydrogen) atoms. The highest BCUT2D eigenvalue weighted by molar-refractivity contribution is 6.30. The van der Waals surface area contributed by atoms with Crippen LogP contribution in [0.15, 0.2) is 42.7 Å². The molecular formula is C15H16ClFN2. The maximum absolute atomic E-state index is 14.0. The van der Waals surface area contributed by atoms with Gasteiger partial charge in [-0.25, -0.2) is 4.39 Å². The highest BCUT2D eigenvalue weighted by Gasteiger charge is 2.22. The zero-order valence-electron chi connectivity index (χ0n) is 10.9. The number of hydrogen-bond donors (Lipinski definition) is 1. The summed E-state index contributed by atoms with van der Waals surface area (Å²) in [7, 11) is 1.83. The molecular weight excluding hydrogens is 263 g/mol. The Kier molecular flexibility index (Phi) is 4.51. The molecule has 0 radical (unpaired) electrons. The van der Waals surface area contributed by atoms with Gasteiger partial charge in [-0.1, -0.05) is 24.6 Å². The molecule has 0 aliphatic heterocycles. The highest BCUT2D eigenvalue weighted by atomic mass is 35.5. The molecule has 4 heteroatoms. The van der Waals surface area contributed by atoms with E-state index in [0.717, 1.165) is 5.56 Å². The second-order valence-electron chi connectivity index (χ2n) is 4.50. The molecule has 2 aromatic rings. The van der Waals surface area contributed by atoms with Gasteiger partial charge >= 0.3 is 0 Å². The van der Waals surface area contributed by atoms with Crippen molar-refractivity contribution in [2.24, 2.45) is 0 Å². The van der Waals surface area contributed by atoms with E-state index in [9.17, 15) is 4.39 Å². The Bertz CT molecular complexity index is 545. The third-order valence-corrected chi connectivity index (χ3v) is 3.58. The van der Waals surface area contributed by atoms with Crippen molar-refractivity contribution in [3.8, 4) is 0 Å². The summed E-state index contributed by atoms with van der Waals surface area (Å²) in [5.41, 5.74) is 1.74. The van der Waals surface area contributed by atoms with Crippen molar-refractivity contribution < 1.29 is 4.39 Å². The molecule has 0 spiro atoms. The lowest BCUT2D eigenvalue weighted by Gasteiger charge is -2.25. The number of halogens is 2. The minimum absolute atomic E-state index is 0.111. The normalized spacial score (nSPS) is 14.1. The number of rotatable bonds is 4. The molecule has 100 valence electrons. The van der Waals surface area contributed by atoms with E-state index in [4.69, 9.17) is 11.6 Å². The van der Waals surface area contributed by atoms with Crippen LogP contribution in [-0.4, -0.2) is 12.0 Å². The molecule has 2 rings (SSSR count). The largest absolute Gasteiger partial charge is 0.312 e. The third-order valence-electron chi connectivity index (χ3n) is 3.34. The number of pyridine rings is 1. The summed E-state index contributed by atoms with van der Waals surface area (Å²) in [5.74, 6) is -0.156. The highest BCUT2D eigenvalue weighted by Crippen LogP contribution is 2.32. The Morgan fingerprint density at radius 2 is 1.89 bits per heavy atom. The summed E-state index contributed by atoms with van der Waals surface area (Å²) < 4.78 is 14.0. The van der Waals surface area contributed by atoms with E-state index in [1.54, 1.807) is 24.5 Å². The standard InChI is InChI=1S/C15H16ClFN2/c1-10(11-5-7-19-8-6-11)15(18-2)13-4-3-12(16)9-14(13)17/h3-10,15,18H,1-2H3. The minimum Gasteiger partial charge on any atom is -0.312 e. The van der Waals surface area contributed by atoms with Crippen molar-refractivity contribution in [2.75, 3.05) is 7.05 Å². The van der Waals surface area contributed by atoms with Crippen LogP contribution in [0.4, 0.5) is 4.39 Å². The van der Waals surface area contributed by atoms with Crippen LogP contribution in [0.25, 0.3) is 0 Å². The first-order chi connectivity index (χ1) is 9.13. The fraction of sp³-hybridized carbons (Fsp3) is 0.267. The van der Waals surface area contributed by atoms with Crippen molar-refractivity contribution >= 4 is 11.6 Å². The zero-order valence-corrected chi connectivity index (χ0v) is 11.7. The number of likely N-dealkylation sites (N-methyl/N-ethyl adjacent to an activating group) is 1. The van der Waals surface area contributed by atoms with E-state index >= 15 is 0 Å². The lowest BCUT2D eigenvalue weighted by Crippen LogP contribution is -2.23. The van der Waals surface area contributed by atoms with Gasteiger partial charge in [0.15, 0.2) is 0 Å². The Labute approximate surface area is 117 Å². The first-order valence-electron chi connectivity index (χ1n) is 6.15. The van der Waals surface area contributed by atoms with Gasteiger partial charge in [0.25, 0.3) is 0 Å². The molecule has 1 N–H and O–H groups in total. The molecule has 0 fully saturated rings. The molecule has 2 nitrogen and oxygen atoms in total. The van der Waals surface area contributed by atoms with E-state index < -0.39 is 0 Å². The fourth-order valence-corrected chi connectivity index (χ4v) is 2.45. The first kappa shape index (κ1) is 14.0. The molecule has 0 aliphatic carbocycles. The predicted octanol–water partition coefficient (Wildman–Crippen LogP) is 3.94. The molecule has 1 aromatic heterocycles. The number of aromatic nitrogens is 1. The predicted molar refractivity (Wildman–Crippen MR) is 75.9 cm³/mol. The Hall–Kier alpha value is -1.45. The van der Waals surface area contributed by atoms with E-state index in [0.29, 0.717) is 10.6 Å². The van der Waals surface area contributed by atoms with Gasteiger partial charge < -0.3 is 5.32 Å². The number of nitrogens with one attached hydrogen (secondary N) is 1. The van der Waals surface area contributed by atoms with Gasteiger partial charge in [-0.05, 0) is 36.9 Å². The quantitative estimate of drug-likeness (QED) is 0.916. The zero-order chi connectivity index (χ0) is 13.8. The summed E-state index contributed by atoms with van der Waals surface area (Å²) in [6, 6.07) is 8.58. The Balaban J connectivity index is 2.34. The maximum atomic E-state index is 14.0. The lowest BCUT2D eigenvalue weighted by atomic mass is 9.89. The van der Waals surface area contributed by atoms with Crippen LogP contribution in [0, 0.1) is 5.82 Å². The number of benzene rings is 1. The van der Waals surface area contributed by atoms with Crippen LogP contribution in [-0.2, 0) is 0 Å². The summed E-state index contributed by atoms with van der Waals surface area (Å²) in [6.45, 7) is 2.06. The van der Waals surface area contributed by atoms with Crippen molar-refractivity contribution in [1.82, 2.24) is 10.3 Å². The van der Waals surface area contributed by atoms with Gasteiger partial charge in [0.1, 0.15) is 5.82 Å². The average Bonchev–Trinajstić information content (AvgIpc) is 2.42. The second kappa shape index (κ2) is 6.13. The molecule has 0 amide bonds. The molecule has 0 saturated carbocycles. The average molecular weight is 279 g/mol. The number of hydrogen-bond acceptors (Lipinski definition) is 2. The van der Waals surface area contributed by atoms with Crippen LogP contribution in [0.3, 0.4) is 0 Å². The van der Waals surface area contributed by atoms with Gasteiger partial charge in [-0.15, -0.1) is 0 Å². The summed E-state index contributed by atoms with van der Waals surface area (Å²) in [6.07, 6.45) is 3.49. The Morgan fingerprint density at radius 1 is 1.21 bits per heavy atom. The molecule has 2 unspecified atom stereocenters. The molecule has 0 saturated heterocycles.